The summed E-state index contributed by atoms with van der Waals surface area (Å²) in [4.78, 5) is 0. The van der Waals surface area contributed by atoms with E-state index in [1.807, 2.05) is 0 Å². The molecule has 0 aromatic carbocycles. The molecule has 0 bridgehead atoms. The normalized spacial score (nSPS) is 48.0. The molecule has 1 saturated carbocycles. The predicted octanol–water partition coefficient (Wildman–Crippen LogP) is -1.60. The van der Waals surface area contributed by atoms with Crippen molar-refractivity contribution in [3.8, 4) is 0 Å². The van der Waals surface area contributed by atoms with Crippen LogP contribution in [0.15, 0.2) is 0 Å². The topological polar surface area (TPSA) is 86.7 Å². The number of hydrogen-bond donors (Lipinski definition) is 4. The lowest BCUT2D eigenvalue weighted by Crippen LogP contribution is -2.48. The second-order valence-electron chi connectivity index (χ2n) is 2.92. The minimum Gasteiger partial charge on any atom is -0.396 e. The molecule has 4 nitrogen and oxygen atoms in total. The molecule has 4 heteroatoms. The largest absolute Gasteiger partial charge is 0.396 e. The first-order valence-electron chi connectivity index (χ1n) is 3.38. The molecule has 3 atom stereocenters. The van der Waals surface area contributed by atoms with Crippen LogP contribution in [0.3, 0.4) is 0 Å². The molecule has 0 unspecified atom stereocenters. The fourth-order valence-electron chi connectivity index (χ4n) is 1.32. The molecule has 0 spiro atoms. The Kier molecular flexibility index (Phi) is 1.96. The smallest absolute Gasteiger partial charge is 0.140 e. The van der Waals surface area contributed by atoms with Crippen LogP contribution in [-0.2, 0) is 0 Å². The SMILES string of the molecule is N[C@]1(O)CC[C@H](CO)[C@H]1O. The summed E-state index contributed by atoms with van der Waals surface area (Å²) in [6.45, 7) is -0.110. The van der Waals surface area contributed by atoms with Crippen molar-refractivity contribution in [3.05, 3.63) is 0 Å². The van der Waals surface area contributed by atoms with Crippen LogP contribution < -0.4 is 5.73 Å². The van der Waals surface area contributed by atoms with Crippen LogP contribution in [0, 0.1) is 5.92 Å². The van der Waals surface area contributed by atoms with Crippen molar-refractivity contribution in [1.29, 1.82) is 0 Å². The maximum Gasteiger partial charge on any atom is 0.140 e. The standard InChI is InChI=1S/C6H13NO3/c7-6(10)2-1-4(3-8)5(6)9/h4-5,8-10H,1-3,7H2/t4-,5-,6+/m1/s1. The first-order valence-corrected chi connectivity index (χ1v) is 3.38. The molecular formula is C6H13NO3. The fourth-order valence-corrected chi connectivity index (χ4v) is 1.32. The van der Waals surface area contributed by atoms with Crippen molar-refractivity contribution in [2.75, 3.05) is 6.61 Å². The molecule has 1 aliphatic carbocycles. The molecule has 1 aliphatic rings. The monoisotopic (exact) mass is 147 g/mol. The minimum atomic E-state index is -1.48. The van der Waals surface area contributed by atoms with Gasteiger partial charge in [0.05, 0.1) is 0 Å². The van der Waals surface area contributed by atoms with Gasteiger partial charge < -0.3 is 21.1 Å². The van der Waals surface area contributed by atoms with Crippen molar-refractivity contribution >= 4 is 0 Å². The van der Waals surface area contributed by atoms with Crippen molar-refractivity contribution in [1.82, 2.24) is 0 Å². The quantitative estimate of drug-likeness (QED) is 0.336. The van der Waals surface area contributed by atoms with E-state index in [0.717, 1.165) is 0 Å². The summed E-state index contributed by atoms with van der Waals surface area (Å²) in [5, 5.41) is 27.0. The number of hydrogen-bond acceptors (Lipinski definition) is 4. The van der Waals surface area contributed by atoms with E-state index in [1.165, 1.54) is 0 Å². The van der Waals surface area contributed by atoms with E-state index in [2.05, 4.69) is 0 Å². The maximum absolute atomic E-state index is 9.18. The third kappa shape index (κ3) is 1.15. The first-order chi connectivity index (χ1) is 4.58. The van der Waals surface area contributed by atoms with Gasteiger partial charge in [-0.25, -0.2) is 0 Å². The lowest BCUT2D eigenvalue weighted by molar-refractivity contribution is -0.0691. The summed E-state index contributed by atoms with van der Waals surface area (Å²) < 4.78 is 0. The van der Waals surface area contributed by atoms with Gasteiger partial charge in [-0.15, -0.1) is 0 Å². The van der Waals surface area contributed by atoms with E-state index in [0.29, 0.717) is 12.8 Å². The van der Waals surface area contributed by atoms with Crippen LogP contribution in [0.5, 0.6) is 0 Å². The number of aliphatic hydroxyl groups is 3. The third-order valence-corrected chi connectivity index (χ3v) is 2.11. The first kappa shape index (κ1) is 7.94. The van der Waals surface area contributed by atoms with Gasteiger partial charge in [0.25, 0.3) is 0 Å². The highest BCUT2D eigenvalue weighted by atomic mass is 16.4. The molecular weight excluding hydrogens is 134 g/mol. The molecule has 0 aromatic heterocycles. The van der Waals surface area contributed by atoms with Gasteiger partial charge in [-0.2, -0.15) is 0 Å². The van der Waals surface area contributed by atoms with Gasteiger partial charge in [-0.1, -0.05) is 0 Å². The Labute approximate surface area is 59.3 Å². The Morgan fingerprint density at radius 3 is 2.40 bits per heavy atom. The summed E-state index contributed by atoms with van der Waals surface area (Å²) in [5.74, 6) is -0.255. The zero-order valence-electron chi connectivity index (χ0n) is 5.70. The highest BCUT2D eigenvalue weighted by Gasteiger charge is 2.42. The lowest BCUT2D eigenvalue weighted by atomic mass is 10.1. The Morgan fingerprint density at radius 1 is 1.60 bits per heavy atom. The van der Waals surface area contributed by atoms with E-state index >= 15 is 0 Å². The summed E-state index contributed by atoms with van der Waals surface area (Å²) in [6, 6.07) is 0. The molecule has 0 amide bonds. The molecule has 60 valence electrons. The number of aliphatic hydroxyl groups excluding tert-OH is 2. The van der Waals surface area contributed by atoms with E-state index < -0.39 is 11.8 Å². The van der Waals surface area contributed by atoms with Gasteiger partial charge in [0.2, 0.25) is 0 Å². The average molecular weight is 147 g/mol. The summed E-state index contributed by atoms with van der Waals surface area (Å²) in [6.07, 6.45) is -0.0261. The van der Waals surface area contributed by atoms with Gasteiger partial charge >= 0.3 is 0 Å². The van der Waals surface area contributed by atoms with Crippen LogP contribution in [0.1, 0.15) is 12.8 Å². The van der Waals surface area contributed by atoms with Crippen LogP contribution in [0.4, 0.5) is 0 Å². The molecule has 0 aromatic rings. The van der Waals surface area contributed by atoms with Crippen LogP contribution in [0.2, 0.25) is 0 Å². The summed E-state index contributed by atoms with van der Waals surface area (Å²) >= 11 is 0. The zero-order chi connectivity index (χ0) is 7.78. The van der Waals surface area contributed by atoms with E-state index in [9.17, 15) is 10.2 Å². The van der Waals surface area contributed by atoms with E-state index in [1.54, 1.807) is 0 Å². The fraction of sp³-hybridized carbons (Fsp3) is 1.00. The zero-order valence-corrected chi connectivity index (χ0v) is 5.70. The summed E-state index contributed by atoms with van der Waals surface area (Å²) in [7, 11) is 0. The molecule has 0 heterocycles. The van der Waals surface area contributed by atoms with Crippen LogP contribution in [-0.4, -0.2) is 33.8 Å². The maximum atomic E-state index is 9.18. The predicted molar refractivity (Wildman–Crippen MR) is 35.0 cm³/mol. The molecule has 0 saturated heterocycles. The Morgan fingerprint density at radius 2 is 2.20 bits per heavy atom. The molecule has 5 N–H and O–H groups in total. The average Bonchev–Trinajstić information content (AvgIpc) is 2.10. The van der Waals surface area contributed by atoms with Crippen molar-refractivity contribution in [3.63, 3.8) is 0 Å². The van der Waals surface area contributed by atoms with E-state index in [-0.39, 0.29) is 12.5 Å². The molecule has 1 rings (SSSR count). The van der Waals surface area contributed by atoms with Gasteiger partial charge in [-0.3, -0.25) is 0 Å². The van der Waals surface area contributed by atoms with E-state index in [4.69, 9.17) is 10.8 Å². The molecule has 10 heavy (non-hydrogen) atoms. The van der Waals surface area contributed by atoms with Crippen molar-refractivity contribution in [2.45, 2.75) is 24.7 Å². The Bertz CT molecular complexity index is 126. The molecule has 1 fully saturated rings. The van der Waals surface area contributed by atoms with Gasteiger partial charge in [0.1, 0.15) is 11.8 Å². The highest BCUT2D eigenvalue weighted by Crippen LogP contribution is 2.30. The van der Waals surface area contributed by atoms with Crippen LogP contribution in [0.25, 0.3) is 0 Å². The third-order valence-electron chi connectivity index (χ3n) is 2.11. The van der Waals surface area contributed by atoms with Gasteiger partial charge in [0, 0.05) is 12.5 Å². The summed E-state index contributed by atoms with van der Waals surface area (Å²) in [5.41, 5.74) is 3.80. The van der Waals surface area contributed by atoms with Crippen molar-refractivity contribution in [2.24, 2.45) is 11.7 Å². The highest BCUT2D eigenvalue weighted by molar-refractivity contribution is 4.92. The second kappa shape index (κ2) is 2.47. The lowest BCUT2D eigenvalue weighted by Gasteiger charge is -2.22. The number of nitrogens with two attached hydrogens (primary N) is 1. The van der Waals surface area contributed by atoms with Crippen molar-refractivity contribution < 1.29 is 15.3 Å². The molecule has 0 aliphatic heterocycles. The van der Waals surface area contributed by atoms with Gasteiger partial charge in [0.15, 0.2) is 0 Å². The molecule has 0 radical (unpaired) electrons. The Balaban J connectivity index is 2.58. The van der Waals surface area contributed by atoms with Crippen LogP contribution >= 0.6 is 0 Å². The second-order valence-corrected chi connectivity index (χ2v) is 2.92. The Hall–Kier alpha value is -0.160. The number of rotatable bonds is 1. The van der Waals surface area contributed by atoms with Gasteiger partial charge in [-0.05, 0) is 12.8 Å². The minimum absolute atomic E-state index is 0.110.